The van der Waals surface area contributed by atoms with Crippen molar-refractivity contribution in [1.29, 1.82) is 0 Å². The van der Waals surface area contributed by atoms with Crippen LogP contribution in [0.5, 0.6) is 0 Å². The summed E-state index contributed by atoms with van der Waals surface area (Å²) in [7, 11) is 0. The molecule has 1 aromatic heterocycles. The van der Waals surface area contributed by atoms with E-state index in [0.717, 1.165) is 24.8 Å². The Morgan fingerprint density at radius 1 is 1.30 bits per heavy atom. The third kappa shape index (κ3) is 4.22. The van der Waals surface area contributed by atoms with Gasteiger partial charge in [-0.05, 0) is 31.6 Å². The van der Waals surface area contributed by atoms with Gasteiger partial charge in [0.1, 0.15) is 5.58 Å². The SMILES string of the molecule is CCCCNc1c(/C=C/C(=O)OCC)c(=O)oc2ccccc12. The molecule has 0 aliphatic carbocycles. The van der Waals surface area contributed by atoms with Crippen molar-refractivity contribution in [2.45, 2.75) is 26.7 Å². The first-order valence-electron chi connectivity index (χ1n) is 7.82. The molecule has 1 heterocycles. The highest BCUT2D eigenvalue weighted by Crippen LogP contribution is 2.26. The van der Waals surface area contributed by atoms with Gasteiger partial charge in [0, 0.05) is 18.0 Å². The molecule has 0 saturated heterocycles. The highest BCUT2D eigenvalue weighted by molar-refractivity contribution is 5.96. The molecule has 0 aliphatic rings. The Kier molecular flexibility index (Phi) is 5.97. The predicted octanol–water partition coefficient (Wildman–Crippen LogP) is 3.58. The minimum Gasteiger partial charge on any atom is -0.463 e. The summed E-state index contributed by atoms with van der Waals surface area (Å²) in [5.41, 5.74) is 1.05. The molecule has 23 heavy (non-hydrogen) atoms. The largest absolute Gasteiger partial charge is 0.463 e. The second-order valence-corrected chi connectivity index (χ2v) is 5.04. The highest BCUT2D eigenvalue weighted by Gasteiger charge is 2.12. The maximum atomic E-state index is 12.2. The minimum atomic E-state index is -0.487. The van der Waals surface area contributed by atoms with Crippen molar-refractivity contribution in [2.24, 2.45) is 0 Å². The number of fused-ring (bicyclic) bond motifs is 1. The zero-order valence-corrected chi connectivity index (χ0v) is 13.4. The topological polar surface area (TPSA) is 68.5 Å². The molecule has 0 spiro atoms. The Bertz CT molecular complexity index is 761. The van der Waals surface area contributed by atoms with Gasteiger partial charge in [0.25, 0.3) is 0 Å². The predicted molar refractivity (Wildman–Crippen MR) is 91.5 cm³/mol. The lowest BCUT2D eigenvalue weighted by atomic mass is 10.1. The van der Waals surface area contributed by atoms with Gasteiger partial charge in [-0.2, -0.15) is 0 Å². The molecule has 0 atom stereocenters. The van der Waals surface area contributed by atoms with E-state index in [0.29, 0.717) is 16.8 Å². The number of esters is 1. The van der Waals surface area contributed by atoms with Crippen LogP contribution in [0.1, 0.15) is 32.3 Å². The lowest BCUT2D eigenvalue weighted by molar-refractivity contribution is -0.137. The van der Waals surface area contributed by atoms with E-state index in [9.17, 15) is 9.59 Å². The fourth-order valence-electron chi connectivity index (χ4n) is 2.24. The molecule has 0 unspecified atom stereocenters. The summed E-state index contributed by atoms with van der Waals surface area (Å²) in [6.45, 7) is 4.86. The Balaban J connectivity index is 2.48. The van der Waals surface area contributed by atoms with Crippen LogP contribution in [0.25, 0.3) is 17.0 Å². The van der Waals surface area contributed by atoms with Crippen molar-refractivity contribution >= 4 is 28.7 Å². The molecular formula is C18H21NO4. The van der Waals surface area contributed by atoms with Crippen LogP contribution in [0, 0.1) is 0 Å². The molecule has 5 heteroatoms. The molecule has 0 amide bonds. The van der Waals surface area contributed by atoms with Crippen molar-refractivity contribution < 1.29 is 13.9 Å². The molecule has 2 aromatic rings. The number of unbranched alkanes of at least 4 members (excludes halogenated alkanes) is 1. The zero-order chi connectivity index (χ0) is 16.7. The normalized spacial score (nSPS) is 11.0. The summed E-state index contributed by atoms with van der Waals surface area (Å²) in [6.07, 6.45) is 4.72. The van der Waals surface area contributed by atoms with Crippen molar-refractivity contribution in [1.82, 2.24) is 0 Å². The number of hydrogen-bond donors (Lipinski definition) is 1. The Morgan fingerprint density at radius 2 is 2.09 bits per heavy atom. The quantitative estimate of drug-likeness (QED) is 0.366. The average Bonchev–Trinajstić information content (AvgIpc) is 2.54. The molecule has 5 nitrogen and oxygen atoms in total. The summed E-state index contributed by atoms with van der Waals surface area (Å²) >= 11 is 0. The average molecular weight is 315 g/mol. The highest BCUT2D eigenvalue weighted by atomic mass is 16.5. The monoisotopic (exact) mass is 315 g/mol. The lowest BCUT2D eigenvalue weighted by Crippen LogP contribution is -2.11. The van der Waals surface area contributed by atoms with Crippen molar-refractivity contribution in [3.05, 3.63) is 46.3 Å². The zero-order valence-electron chi connectivity index (χ0n) is 13.4. The number of rotatable bonds is 7. The summed E-state index contributed by atoms with van der Waals surface area (Å²) < 4.78 is 10.2. The molecular weight excluding hydrogens is 294 g/mol. The Hall–Kier alpha value is -2.56. The number of carbonyl (C=O) groups excluding carboxylic acids is 1. The van der Waals surface area contributed by atoms with Crippen LogP contribution in [-0.4, -0.2) is 19.1 Å². The fraction of sp³-hybridized carbons (Fsp3) is 0.333. The summed E-state index contributed by atoms with van der Waals surface area (Å²) in [6, 6.07) is 7.33. The Labute approximate surface area is 134 Å². The molecule has 0 saturated carbocycles. The minimum absolute atomic E-state index is 0.289. The van der Waals surface area contributed by atoms with Crippen LogP contribution in [-0.2, 0) is 9.53 Å². The third-order valence-electron chi connectivity index (χ3n) is 3.35. The number of nitrogens with one attached hydrogen (secondary N) is 1. The van der Waals surface area contributed by atoms with Gasteiger partial charge in [0.2, 0.25) is 0 Å². The van der Waals surface area contributed by atoms with E-state index in [1.54, 1.807) is 13.0 Å². The summed E-state index contributed by atoms with van der Waals surface area (Å²) in [5, 5.41) is 4.10. The van der Waals surface area contributed by atoms with Crippen LogP contribution in [0.3, 0.4) is 0 Å². The molecule has 1 N–H and O–H groups in total. The van der Waals surface area contributed by atoms with E-state index in [1.165, 1.54) is 12.2 Å². The lowest BCUT2D eigenvalue weighted by Gasteiger charge is -2.11. The van der Waals surface area contributed by atoms with Crippen molar-refractivity contribution in [2.75, 3.05) is 18.5 Å². The molecule has 2 rings (SSSR count). The number of benzene rings is 1. The van der Waals surface area contributed by atoms with Crippen LogP contribution < -0.4 is 10.9 Å². The molecule has 1 aromatic carbocycles. The molecule has 0 aliphatic heterocycles. The number of carbonyl (C=O) groups is 1. The van der Waals surface area contributed by atoms with Crippen LogP contribution in [0.4, 0.5) is 5.69 Å². The first kappa shape index (κ1) is 16.8. The van der Waals surface area contributed by atoms with Gasteiger partial charge in [-0.25, -0.2) is 9.59 Å². The second-order valence-electron chi connectivity index (χ2n) is 5.04. The first-order valence-corrected chi connectivity index (χ1v) is 7.82. The van der Waals surface area contributed by atoms with Gasteiger partial charge in [0.15, 0.2) is 0 Å². The molecule has 0 bridgehead atoms. The summed E-state index contributed by atoms with van der Waals surface area (Å²) in [5.74, 6) is -0.487. The van der Waals surface area contributed by atoms with Gasteiger partial charge < -0.3 is 14.5 Å². The van der Waals surface area contributed by atoms with E-state index < -0.39 is 11.6 Å². The maximum absolute atomic E-state index is 12.2. The standard InChI is InChI=1S/C18H21NO4/c1-3-5-12-19-17-13-8-6-7-9-15(13)23-18(21)14(17)10-11-16(20)22-4-2/h6-11,19H,3-5,12H2,1-2H3/b11-10+. The smallest absolute Gasteiger partial charge is 0.345 e. The second kappa shape index (κ2) is 8.17. The van der Waals surface area contributed by atoms with Crippen LogP contribution in [0.2, 0.25) is 0 Å². The van der Waals surface area contributed by atoms with Gasteiger partial charge in [-0.3, -0.25) is 0 Å². The van der Waals surface area contributed by atoms with E-state index in [4.69, 9.17) is 9.15 Å². The van der Waals surface area contributed by atoms with Crippen molar-refractivity contribution in [3.63, 3.8) is 0 Å². The van der Waals surface area contributed by atoms with E-state index in [2.05, 4.69) is 12.2 Å². The van der Waals surface area contributed by atoms with E-state index >= 15 is 0 Å². The molecule has 122 valence electrons. The first-order chi connectivity index (χ1) is 11.2. The van der Waals surface area contributed by atoms with E-state index in [1.807, 2.05) is 18.2 Å². The number of hydrogen-bond acceptors (Lipinski definition) is 5. The van der Waals surface area contributed by atoms with Gasteiger partial charge in [0.05, 0.1) is 17.9 Å². The van der Waals surface area contributed by atoms with Crippen molar-refractivity contribution in [3.8, 4) is 0 Å². The number of para-hydroxylation sites is 1. The fourth-order valence-corrected chi connectivity index (χ4v) is 2.24. The third-order valence-corrected chi connectivity index (χ3v) is 3.35. The van der Waals surface area contributed by atoms with Gasteiger partial charge >= 0.3 is 11.6 Å². The maximum Gasteiger partial charge on any atom is 0.345 e. The van der Waals surface area contributed by atoms with Crippen LogP contribution >= 0.6 is 0 Å². The summed E-state index contributed by atoms with van der Waals surface area (Å²) in [4.78, 5) is 23.7. The Morgan fingerprint density at radius 3 is 2.83 bits per heavy atom. The number of anilines is 1. The number of ether oxygens (including phenoxy) is 1. The van der Waals surface area contributed by atoms with Gasteiger partial charge in [-0.1, -0.05) is 25.5 Å². The van der Waals surface area contributed by atoms with Gasteiger partial charge in [-0.15, -0.1) is 0 Å². The molecule has 0 radical (unpaired) electrons. The van der Waals surface area contributed by atoms with Crippen LogP contribution in [0.15, 0.2) is 39.6 Å². The molecule has 0 fully saturated rings. The van der Waals surface area contributed by atoms with E-state index in [-0.39, 0.29) is 6.61 Å².